The lowest BCUT2D eigenvalue weighted by atomic mass is 9.88. The highest BCUT2D eigenvalue weighted by molar-refractivity contribution is 6.22. The number of rotatable bonds is 6. The third kappa shape index (κ3) is 5.71. The Labute approximate surface area is 296 Å². The summed E-state index contributed by atoms with van der Waals surface area (Å²) in [4.78, 5) is 9.98. The molecule has 9 rings (SSSR count). The molecule has 5 aromatic carbocycles. The van der Waals surface area contributed by atoms with Crippen molar-refractivity contribution < 1.29 is 13.6 Å². The second-order valence-electron chi connectivity index (χ2n) is 14.5. The maximum absolute atomic E-state index is 6.82. The van der Waals surface area contributed by atoms with Gasteiger partial charge in [0, 0.05) is 50.5 Å². The van der Waals surface area contributed by atoms with Gasteiger partial charge in [-0.05, 0) is 65.4 Å². The standard InChI is InChI=1S/C46H36N2O3/c1-28-33-16-10-11-19-39(33)49-44(28)32-25-38(48-42(26-32)51-41-20-12-18-37(47-41)30-13-6-5-7-14-30)36-24-31-15-8-9-17-34(31)43-35-22-21-29(27-46(2,3)4)23-40(35)50-45(36)43/h5-26H,27H2,1-4H3. The number of para-hydroxylation sites is 1. The number of furan rings is 2. The number of hydrogen-bond donors (Lipinski definition) is 0. The third-order valence-electron chi connectivity index (χ3n) is 9.45. The van der Waals surface area contributed by atoms with E-state index >= 15 is 0 Å². The number of benzene rings is 5. The molecule has 0 bridgehead atoms. The second kappa shape index (κ2) is 12.0. The van der Waals surface area contributed by atoms with Crippen molar-refractivity contribution >= 4 is 43.7 Å². The van der Waals surface area contributed by atoms with E-state index in [1.807, 2.05) is 72.8 Å². The summed E-state index contributed by atoms with van der Waals surface area (Å²) >= 11 is 0. The molecule has 0 amide bonds. The number of fused-ring (bicyclic) bond motifs is 6. The Bertz CT molecular complexity index is 2750. The molecule has 248 valence electrons. The first kappa shape index (κ1) is 30.8. The van der Waals surface area contributed by atoms with Gasteiger partial charge >= 0.3 is 0 Å². The average Bonchev–Trinajstić information content (AvgIpc) is 3.68. The SMILES string of the molecule is Cc1c(-c2cc(Oc3cccc(-c4ccccc4)n3)nc(-c3cc4ccccc4c4c3oc3cc(CC(C)(C)C)ccc34)c2)oc2ccccc12. The van der Waals surface area contributed by atoms with Crippen molar-refractivity contribution in [3.8, 4) is 45.6 Å². The van der Waals surface area contributed by atoms with Gasteiger partial charge in [-0.3, -0.25) is 0 Å². The monoisotopic (exact) mass is 664 g/mol. The molecule has 0 saturated heterocycles. The van der Waals surface area contributed by atoms with Crippen LogP contribution in [0.5, 0.6) is 11.8 Å². The van der Waals surface area contributed by atoms with Crippen LogP contribution >= 0.6 is 0 Å². The summed E-state index contributed by atoms with van der Waals surface area (Å²) in [5.41, 5.74) is 9.23. The van der Waals surface area contributed by atoms with Crippen LogP contribution in [0.3, 0.4) is 0 Å². The van der Waals surface area contributed by atoms with Crippen LogP contribution < -0.4 is 4.74 Å². The molecule has 0 aliphatic heterocycles. The zero-order chi connectivity index (χ0) is 34.7. The van der Waals surface area contributed by atoms with Crippen molar-refractivity contribution in [2.75, 3.05) is 0 Å². The van der Waals surface area contributed by atoms with Gasteiger partial charge in [-0.25, -0.2) is 9.97 Å². The first-order chi connectivity index (χ1) is 24.8. The van der Waals surface area contributed by atoms with Crippen LogP contribution in [0.1, 0.15) is 31.9 Å². The molecular weight excluding hydrogens is 629 g/mol. The van der Waals surface area contributed by atoms with E-state index in [0.717, 1.165) is 83.8 Å². The molecule has 0 aliphatic rings. The molecule has 5 nitrogen and oxygen atoms in total. The Kier molecular flexibility index (Phi) is 7.25. The van der Waals surface area contributed by atoms with E-state index in [1.54, 1.807) is 0 Å². The maximum Gasteiger partial charge on any atom is 0.222 e. The number of hydrogen-bond acceptors (Lipinski definition) is 5. The minimum absolute atomic E-state index is 0.155. The van der Waals surface area contributed by atoms with Gasteiger partial charge < -0.3 is 13.6 Å². The summed E-state index contributed by atoms with van der Waals surface area (Å²) in [6.07, 6.45) is 0.953. The zero-order valence-corrected chi connectivity index (χ0v) is 29.0. The lowest BCUT2D eigenvalue weighted by Gasteiger charge is -2.17. The Morgan fingerprint density at radius 1 is 0.588 bits per heavy atom. The van der Waals surface area contributed by atoms with E-state index in [2.05, 4.69) is 88.4 Å². The second-order valence-corrected chi connectivity index (χ2v) is 14.5. The molecule has 5 heteroatoms. The Balaban J connectivity index is 1.26. The summed E-state index contributed by atoms with van der Waals surface area (Å²) < 4.78 is 19.8. The molecule has 0 radical (unpaired) electrons. The molecule has 0 N–H and O–H groups in total. The molecule has 0 unspecified atom stereocenters. The molecule has 9 aromatic rings. The minimum Gasteiger partial charge on any atom is -0.456 e. The van der Waals surface area contributed by atoms with Crippen molar-refractivity contribution in [2.45, 2.75) is 34.1 Å². The van der Waals surface area contributed by atoms with Gasteiger partial charge in [0.25, 0.3) is 0 Å². The van der Waals surface area contributed by atoms with Gasteiger partial charge in [0.05, 0.1) is 11.4 Å². The van der Waals surface area contributed by atoms with E-state index < -0.39 is 0 Å². The summed E-state index contributed by atoms with van der Waals surface area (Å²) in [5, 5.41) is 5.48. The fourth-order valence-electron chi connectivity index (χ4n) is 7.21. The van der Waals surface area contributed by atoms with Crippen molar-refractivity contribution in [3.05, 3.63) is 145 Å². The van der Waals surface area contributed by atoms with Crippen LogP contribution in [-0.2, 0) is 6.42 Å². The quantitative estimate of drug-likeness (QED) is 0.177. The maximum atomic E-state index is 6.82. The van der Waals surface area contributed by atoms with Gasteiger partial charge in [-0.2, -0.15) is 0 Å². The van der Waals surface area contributed by atoms with Crippen LogP contribution in [0.25, 0.3) is 77.5 Å². The van der Waals surface area contributed by atoms with Crippen LogP contribution in [0, 0.1) is 12.3 Å². The zero-order valence-electron chi connectivity index (χ0n) is 29.0. The van der Waals surface area contributed by atoms with Gasteiger partial charge in [0.2, 0.25) is 11.8 Å². The smallest absolute Gasteiger partial charge is 0.222 e. The molecule has 0 saturated carbocycles. The van der Waals surface area contributed by atoms with E-state index in [9.17, 15) is 0 Å². The molecule has 0 fully saturated rings. The molecule has 0 atom stereocenters. The largest absolute Gasteiger partial charge is 0.456 e. The Morgan fingerprint density at radius 2 is 1.35 bits per heavy atom. The van der Waals surface area contributed by atoms with E-state index in [4.69, 9.17) is 23.5 Å². The van der Waals surface area contributed by atoms with Crippen molar-refractivity contribution in [2.24, 2.45) is 5.41 Å². The highest BCUT2D eigenvalue weighted by Crippen LogP contribution is 2.43. The lowest BCUT2D eigenvalue weighted by molar-refractivity contribution is 0.411. The van der Waals surface area contributed by atoms with Crippen molar-refractivity contribution in [3.63, 3.8) is 0 Å². The van der Waals surface area contributed by atoms with Gasteiger partial charge in [-0.1, -0.05) is 112 Å². The number of nitrogens with zero attached hydrogens (tertiary/aromatic N) is 2. The van der Waals surface area contributed by atoms with Gasteiger partial charge in [0.15, 0.2) is 0 Å². The number of aromatic nitrogens is 2. The summed E-state index contributed by atoms with van der Waals surface area (Å²) in [6.45, 7) is 8.88. The molecule has 51 heavy (non-hydrogen) atoms. The molecule has 0 spiro atoms. The van der Waals surface area contributed by atoms with Gasteiger partial charge in [-0.15, -0.1) is 0 Å². The normalized spacial score (nSPS) is 12.0. The molecule has 0 aliphatic carbocycles. The predicted molar refractivity (Wildman–Crippen MR) is 207 cm³/mol. The van der Waals surface area contributed by atoms with E-state index in [1.165, 1.54) is 5.56 Å². The summed E-state index contributed by atoms with van der Waals surface area (Å²) in [7, 11) is 0. The van der Waals surface area contributed by atoms with Crippen LogP contribution in [0.4, 0.5) is 0 Å². The fourth-order valence-corrected chi connectivity index (χ4v) is 7.21. The van der Waals surface area contributed by atoms with Crippen LogP contribution in [0.15, 0.2) is 142 Å². The molecule has 4 aromatic heterocycles. The highest BCUT2D eigenvalue weighted by atomic mass is 16.5. The average molecular weight is 665 g/mol. The first-order valence-corrected chi connectivity index (χ1v) is 17.4. The topological polar surface area (TPSA) is 61.3 Å². The van der Waals surface area contributed by atoms with E-state index in [0.29, 0.717) is 17.5 Å². The minimum atomic E-state index is 0.155. The fraction of sp³-hybridized carbons (Fsp3) is 0.130. The van der Waals surface area contributed by atoms with Gasteiger partial charge in [0.1, 0.15) is 22.5 Å². The predicted octanol–water partition coefficient (Wildman–Crippen LogP) is 13.0. The van der Waals surface area contributed by atoms with E-state index in [-0.39, 0.29) is 5.41 Å². The molecule has 4 heterocycles. The number of ether oxygens (including phenoxy) is 1. The molecular formula is C46H36N2O3. The van der Waals surface area contributed by atoms with Crippen LogP contribution in [-0.4, -0.2) is 9.97 Å². The highest BCUT2D eigenvalue weighted by Gasteiger charge is 2.22. The Morgan fingerprint density at radius 3 is 2.18 bits per heavy atom. The van der Waals surface area contributed by atoms with Crippen LogP contribution in [0.2, 0.25) is 0 Å². The summed E-state index contributed by atoms with van der Waals surface area (Å²) in [5.74, 6) is 1.63. The first-order valence-electron chi connectivity index (χ1n) is 17.4. The number of aryl methyl sites for hydroxylation is 1. The Hall–Kier alpha value is -6.20. The van der Waals surface area contributed by atoms with Crippen molar-refractivity contribution in [1.82, 2.24) is 9.97 Å². The third-order valence-corrected chi connectivity index (χ3v) is 9.45. The van der Waals surface area contributed by atoms with Crippen molar-refractivity contribution in [1.29, 1.82) is 0 Å². The summed E-state index contributed by atoms with van der Waals surface area (Å²) in [6, 6.07) is 45.3. The lowest BCUT2D eigenvalue weighted by Crippen LogP contribution is -2.08. The number of pyridine rings is 2.